The highest BCUT2D eigenvalue weighted by Gasteiger charge is 2.39. The smallest absolute Gasteiger partial charge is 0.338 e. The van der Waals surface area contributed by atoms with E-state index in [2.05, 4.69) is 5.32 Å². The summed E-state index contributed by atoms with van der Waals surface area (Å²) in [7, 11) is 0. The van der Waals surface area contributed by atoms with Crippen molar-refractivity contribution in [3.63, 3.8) is 0 Å². The van der Waals surface area contributed by atoms with Crippen molar-refractivity contribution in [1.29, 1.82) is 0 Å². The van der Waals surface area contributed by atoms with Crippen molar-refractivity contribution in [2.75, 3.05) is 11.9 Å². The largest absolute Gasteiger partial charge is 0.452 e. The number of carbonyl (C=O) groups excluding carboxylic acids is 4. The summed E-state index contributed by atoms with van der Waals surface area (Å²) in [6.45, 7) is 5.05. The van der Waals surface area contributed by atoms with Crippen LogP contribution in [0.15, 0.2) is 66.7 Å². The molecule has 7 heteroatoms. The van der Waals surface area contributed by atoms with E-state index >= 15 is 0 Å². The number of benzene rings is 3. The van der Waals surface area contributed by atoms with Gasteiger partial charge < -0.3 is 10.1 Å². The number of anilines is 1. The Morgan fingerprint density at radius 3 is 2.21 bits per heavy atom. The Hall–Kier alpha value is -4.26. The van der Waals surface area contributed by atoms with Crippen molar-refractivity contribution in [2.24, 2.45) is 0 Å². The van der Waals surface area contributed by atoms with Gasteiger partial charge in [-0.1, -0.05) is 48.5 Å². The summed E-state index contributed by atoms with van der Waals surface area (Å²) in [4.78, 5) is 51.9. The Morgan fingerprint density at radius 2 is 1.53 bits per heavy atom. The van der Waals surface area contributed by atoms with Gasteiger partial charge in [0.1, 0.15) is 0 Å². The van der Waals surface area contributed by atoms with Crippen molar-refractivity contribution in [3.8, 4) is 0 Å². The number of imide groups is 1. The van der Waals surface area contributed by atoms with E-state index in [0.717, 1.165) is 16.7 Å². The average molecular weight is 456 g/mol. The monoisotopic (exact) mass is 456 g/mol. The number of amides is 3. The molecule has 0 aliphatic carbocycles. The molecule has 172 valence electrons. The molecular formula is C27H24N2O5. The summed E-state index contributed by atoms with van der Waals surface area (Å²) in [5, 5.41) is 2.75. The lowest BCUT2D eigenvalue weighted by Crippen LogP contribution is -2.32. The van der Waals surface area contributed by atoms with Crippen molar-refractivity contribution in [3.05, 3.63) is 100 Å². The van der Waals surface area contributed by atoms with Gasteiger partial charge in [0, 0.05) is 5.69 Å². The number of carbonyl (C=O) groups is 4. The van der Waals surface area contributed by atoms with Gasteiger partial charge in [-0.2, -0.15) is 0 Å². The number of fused-ring (bicyclic) bond motifs is 1. The zero-order chi connectivity index (χ0) is 24.4. The van der Waals surface area contributed by atoms with Crippen LogP contribution in [-0.4, -0.2) is 35.2 Å². The lowest BCUT2D eigenvalue weighted by Gasteiger charge is -2.22. The predicted octanol–water partition coefficient (Wildman–Crippen LogP) is 4.46. The molecule has 34 heavy (non-hydrogen) atoms. The second-order valence-corrected chi connectivity index (χ2v) is 8.22. The van der Waals surface area contributed by atoms with Crippen molar-refractivity contribution in [2.45, 2.75) is 26.8 Å². The Labute approximate surface area is 197 Å². The van der Waals surface area contributed by atoms with Gasteiger partial charge >= 0.3 is 5.97 Å². The minimum Gasteiger partial charge on any atom is -0.452 e. The first-order valence-corrected chi connectivity index (χ1v) is 10.9. The van der Waals surface area contributed by atoms with E-state index in [0.29, 0.717) is 5.69 Å². The third kappa shape index (κ3) is 4.32. The molecule has 0 bridgehead atoms. The minimum atomic E-state index is -0.755. The Balaban J connectivity index is 1.45. The molecule has 0 fully saturated rings. The fourth-order valence-electron chi connectivity index (χ4n) is 4.02. The second kappa shape index (κ2) is 9.31. The zero-order valence-electron chi connectivity index (χ0n) is 19.1. The number of esters is 1. The van der Waals surface area contributed by atoms with Crippen LogP contribution in [0, 0.1) is 13.8 Å². The van der Waals surface area contributed by atoms with E-state index in [-0.39, 0.29) is 16.7 Å². The van der Waals surface area contributed by atoms with Gasteiger partial charge in [-0.25, -0.2) is 4.79 Å². The van der Waals surface area contributed by atoms with Crippen LogP contribution in [0.25, 0.3) is 0 Å². The molecule has 1 aliphatic rings. The Bertz CT molecular complexity index is 1280. The maximum Gasteiger partial charge on any atom is 0.338 e. The zero-order valence-corrected chi connectivity index (χ0v) is 19.1. The summed E-state index contributed by atoms with van der Waals surface area (Å²) in [6.07, 6.45) is 0. The quantitative estimate of drug-likeness (QED) is 0.437. The summed E-state index contributed by atoms with van der Waals surface area (Å²) in [5.41, 5.74) is 3.77. The van der Waals surface area contributed by atoms with Gasteiger partial charge in [0.2, 0.25) is 0 Å². The van der Waals surface area contributed by atoms with Crippen LogP contribution >= 0.6 is 0 Å². The highest BCUT2D eigenvalue weighted by molar-refractivity contribution is 6.22. The molecule has 7 nitrogen and oxygen atoms in total. The van der Waals surface area contributed by atoms with E-state index in [9.17, 15) is 19.2 Å². The van der Waals surface area contributed by atoms with Crippen LogP contribution in [0.1, 0.15) is 60.7 Å². The highest BCUT2D eigenvalue weighted by Crippen LogP contribution is 2.31. The summed E-state index contributed by atoms with van der Waals surface area (Å²) in [6, 6.07) is 18.6. The van der Waals surface area contributed by atoms with Crippen molar-refractivity contribution >= 4 is 29.4 Å². The summed E-state index contributed by atoms with van der Waals surface area (Å²) in [5.74, 6) is -2.11. The number of para-hydroxylation sites is 1. The molecule has 0 saturated heterocycles. The molecule has 0 spiro atoms. The molecule has 1 heterocycles. The second-order valence-electron chi connectivity index (χ2n) is 8.22. The predicted molar refractivity (Wildman–Crippen MR) is 127 cm³/mol. The first-order chi connectivity index (χ1) is 16.3. The average Bonchev–Trinajstić information content (AvgIpc) is 3.09. The molecule has 3 amide bonds. The van der Waals surface area contributed by atoms with E-state index in [1.165, 1.54) is 23.1 Å². The molecule has 3 aromatic carbocycles. The van der Waals surface area contributed by atoms with Gasteiger partial charge in [0.05, 0.1) is 22.7 Å². The van der Waals surface area contributed by atoms with E-state index < -0.39 is 36.3 Å². The molecule has 1 aliphatic heterocycles. The van der Waals surface area contributed by atoms with Crippen molar-refractivity contribution < 1.29 is 23.9 Å². The lowest BCUT2D eigenvalue weighted by molar-refractivity contribution is -0.119. The van der Waals surface area contributed by atoms with Crippen LogP contribution in [-0.2, 0) is 9.53 Å². The van der Waals surface area contributed by atoms with E-state index in [4.69, 9.17) is 4.74 Å². The molecule has 0 saturated carbocycles. The molecular weight excluding hydrogens is 432 g/mol. The normalized spacial score (nSPS) is 13.4. The Morgan fingerprint density at radius 1 is 0.882 bits per heavy atom. The molecule has 0 unspecified atom stereocenters. The van der Waals surface area contributed by atoms with E-state index in [1.54, 1.807) is 6.92 Å². The molecule has 1 N–H and O–H groups in total. The van der Waals surface area contributed by atoms with Gasteiger partial charge in [-0.15, -0.1) is 0 Å². The molecule has 1 atom stereocenters. The summed E-state index contributed by atoms with van der Waals surface area (Å²) < 4.78 is 5.15. The number of hydrogen-bond donors (Lipinski definition) is 1. The molecule has 0 aromatic heterocycles. The highest BCUT2D eigenvalue weighted by atomic mass is 16.5. The number of aryl methyl sites for hydroxylation is 2. The molecule has 4 rings (SSSR count). The van der Waals surface area contributed by atoms with Crippen LogP contribution in [0.2, 0.25) is 0 Å². The first-order valence-electron chi connectivity index (χ1n) is 10.9. The minimum absolute atomic E-state index is 0.0917. The van der Waals surface area contributed by atoms with Crippen molar-refractivity contribution in [1.82, 2.24) is 4.90 Å². The maximum atomic E-state index is 13.0. The fraction of sp³-hybridized carbons (Fsp3) is 0.185. The van der Waals surface area contributed by atoms with Crippen LogP contribution < -0.4 is 5.32 Å². The standard InChI is InChI=1S/C27H24N2O5/c1-16-8-7-9-17(2)24(16)28-23(30)15-34-27(33)20-12-13-21-22(14-20)26(32)29(25(21)31)18(3)19-10-5-4-6-11-19/h4-14,18H,15H2,1-3H3,(H,28,30)/t18-/m1/s1. The van der Waals surface area contributed by atoms with Gasteiger partial charge in [0.15, 0.2) is 6.61 Å². The third-order valence-corrected chi connectivity index (χ3v) is 5.90. The fourth-order valence-corrected chi connectivity index (χ4v) is 4.02. The van der Waals surface area contributed by atoms with Gasteiger partial charge in [0.25, 0.3) is 17.7 Å². The summed E-state index contributed by atoms with van der Waals surface area (Å²) >= 11 is 0. The van der Waals surface area contributed by atoms with Crippen LogP contribution in [0.5, 0.6) is 0 Å². The molecule has 3 aromatic rings. The number of hydrogen-bond acceptors (Lipinski definition) is 5. The van der Waals surface area contributed by atoms with Crippen LogP contribution in [0.3, 0.4) is 0 Å². The van der Waals surface area contributed by atoms with Gasteiger partial charge in [-0.3, -0.25) is 19.3 Å². The topological polar surface area (TPSA) is 92.8 Å². The number of ether oxygens (including phenoxy) is 1. The Kier molecular flexibility index (Phi) is 6.27. The molecule has 0 radical (unpaired) electrons. The van der Waals surface area contributed by atoms with E-state index in [1.807, 2.05) is 62.4 Å². The lowest BCUT2D eigenvalue weighted by atomic mass is 10.1. The van der Waals surface area contributed by atoms with Crippen LogP contribution in [0.4, 0.5) is 5.69 Å². The number of nitrogens with one attached hydrogen (secondary N) is 1. The number of rotatable bonds is 6. The maximum absolute atomic E-state index is 13.0. The number of nitrogens with zero attached hydrogens (tertiary/aromatic N) is 1. The van der Waals surface area contributed by atoms with Gasteiger partial charge in [-0.05, 0) is 55.7 Å². The third-order valence-electron chi connectivity index (χ3n) is 5.90. The first kappa shape index (κ1) is 22.9. The SMILES string of the molecule is Cc1cccc(C)c1NC(=O)COC(=O)c1ccc2c(c1)C(=O)N([C@H](C)c1ccccc1)C2=O.